The van der Waals surface area contributed by atoms with Gasteiger partial charge in [0.2, 0.25) is 6.41 Å². The third kappa shape index (κ3) is 2.67. The van der Waals surface area contributed by atoms with Gasteiger partial charge in [-0.2, -0.15) is 0 Å². The molecule has 1 aromatic heterocycles. The summed E-state index contributed by atoms with van der Waals surface area (Å²) < 4.78 is 1.78. The zero-order valence-electron chi connectivity index (χ0n) is 10.5. The van der Waals surface area contributed by atoms with Gasteiger partial charge in [0.15, 0.2) is 11.6 Å². The van der Waals surface area contributed by atoms with Gasteiger partial charge < -0.3 is 9.88 Å². The first-order valence-corrected chi connectivity index (χ1v) is 5.87. The number of amidine groups is 1. The summed E-state index contributed by atoms with van der Waals surface area (Å²) in [6, 6.07) is 7.46. The Morgan fingerprint density at radius 1 is 1.47 bits per heavy atom. The Kier molecular flexibility index (Phi) is 3.70. The summed E-state index contributed by atoms with van der Waals surface area (Å²) in [5.41, 5.74) is 1.61. The normalized spacial score (nSPS) is 10.4. The predicted molar refractivity (Wildman–Crippen MR) is 71.3 cm³/mol. The number of rotatable bonds is 5. The van der Waals surface area contributed by atoms with Crippen molar-refractivity contribution < 1.29 is 9.59 Å². The Balaban J connectivity index is 2.34. The Morgan fingerprint density at radius 2 is 2.21 bits per heavy atom. The van der Waals surface area contributed by atoms with E-state index in [2.05, 4.69) is 10.3 Å². The summed E-state index contributed by atoms with van der Waals surface area (Å²) in [5, 5.41) is 9.80. The molecule has 6 nitrogen and oxygen atoms in total. The van der Waals surface area contributed by atoms with Gasteiger partial charge in [-0.1, -0.05) is 12.1 Å². The summed E-state index contributed by atoms with van der Waals surface area (Å²) >= 11 is 0. The molecule has 1 amide bonds. The number of para-hydroxylation sites is 2. The number of aromatic nitrogens is 2. The molecule has 2 N–H and O–H groups in total. The van der Waals surface area contributed by atoms with Crippen molar-refractivity contribution in [1.29, 1.82) is 5.41 Å². The molecule has 98 valence electrons. The minimum atomic E-state index is -0.119. The van der Waals surface area contributed by atoms with Gasteiger partial charge >= 0.3 is 0 Å². The van der Waals surface area contributed by atoms with E-state index in [1.165, 1.54) is 6.92 Å². The molecule has 19 heavy (non-hydrogen) atoms. The van der Waals surface area contributed by atoms with Crippen molar-refractivity contribution in [2.24, 2.45) is 0 Å². The van der Waals surface area contributed by atoms with Gasteiger partial charge in [-0.15, -0.1) is 0 Å². The van der Waals surface area contributed by atoms with Crippen molar-refractivity contribution in [3.05, 3.63) is 30.1 Å². The number of fused-ring (bicyclic) bond motifs is 1. The highest BCUT2D eigenvalue weighted by Gasteiger charge is 2.13. The summed E-state index contributed by atoms with van der Waals surface area (Å²) in [6.07, 6.45) is 0.805. The van der Waals surface area contributed by atoms with Crippen LogP contribution < -0.4 is 5.32 Å². The molecule has 1 heterocycles. The molecular formula is C13H14N4O2. The van der Waals surface area contributed by atoms with E-state index in [0.29, 0.717) is 25.2 Å². The molecule has 0 unspecified atom stereocenters. The number of aryl methyl sites for hydroxylation is 1. The average Bonchev–Trinajstić information content (AvgIpc) is 2.75. The van der Waals surface area contributed by atoms with Gasteiger partial charge in [0.25, 0.3) is 0 Å². The minimum absolute atomic E-state index is 0.113. The summed E-state index contributed by atoms with van der Waals surface area (Å²) in [4.78, 5) is 26.1. The van der Waals surface area contributed by atoms with Gasteiger partial charge in [-0.25, -0.2) is 4.98 Å². The standard InChI is InChI=1S/C13H14N4O2/c1-9(19)13-16-10-4-2-3-5-11(10)17(13)7-6-12(14)15-8-18/h2-5,8H,6-7H2,1H3,(H2,14,15,18). The topological polar surface area (TPSA) is 87.8 Å². The molecule has 1 aromatic carbocycles. The molecule has 0 radical (unpaired) electrons. The maximum atomic E-state index is 11.6. The largest absolute Gasteiger partial charge is 0.321 e. The first-order valence-electron chi connectivity index (χ1n) is 5.87. The number of hydrogen-bond acceptors (Lipinski definition) is 4. The SMILES string of the molecule is CC(=O)c1nc2ccccc2n1CCC(=N)NC=O. The number of hydrogen-bond donors (Lipinski definition) is 2. The van der Waals surface area contributed by atoms with Crippen LogP contribution in [0.5, 0.6) is 0 Å². The van der Waals surface area contributed by atoms with Crippen LogP contribution in [0.15, 0.2) is 24.3 Å². The molecule has 0 fully saturated rings. The van der Waals surface area contributed by atoms with E-state index in [0.717, 1.165) is 11.0 Å². The monoisotopic (exact) mass is 258 g/mol. The minimum Gasteiger partial charge on any atom is -0.321 e. The highest BCUT2D eigenvalue weighted by atomic mass is 16.1. The Labute approximate surface area is 109 Å². The Morgan fingerprint density at radius 3 is 2.89 bits per heavy atom. The number of carbonyl (C=O) groups is 2. The van der Waals surface area contributed by atoms with Crippen LogP contribution in [-0.2, 0) is 11.3 Å². The molecular weight excluding hydrogens is 244 g/mol. The zero-order valence-corrected chi connectivity index (χ0v) is 10.5. The van der Waals surface area contributed by atoms with Gasteiger partial charge in [0, 0.05) is 19.9 Å². The number of nitrogens with one attached hydrogen (secondary N) is 2. The first-order chi connectivity index (χ1) is 9.13. The van der Waals surface area contributed by atoms with Crippen molar-refractivity contribution >= 4 is 29.1 Å². The quantitative estimate of drug-likeness (QED) is 0.367. The van der Waals surface area contributed by atoms with Crippen molar-refractivity contribution in [3.63, 3.8) is 0 Å². The van der Waals surface area contributed by atoms with E-state index in [1.54, 1.807) is 4.57 Å². The zero-order chi connectivity index (χ0) is 13.8. The maximum absolute atomic E-state index is 11.6. The molecule has 0 saturated heterocycles. The molecule has 0 aliphatic heterocycles. The fourth-order valence-electron chi connectivity index (χ4n) is 1.94. The summed E-state index contributed by atoms with van der Waals surface area (Å²) in [6.45, 7) is 1.89. The van der Waals surface area contributed by atoms with Gasteiger partial charge in [-0.3, -0.25) is 15.0 Å². The van der Waals surface area contributed by atoms with E-state index >= 15 is 0 Å². The predicted octanol–water partition coefficient (Wildman–Crippen LogP) is 1.35. The number of Topliss-reactive ketones (excluding diaryl/α,β-unsaturated/α-hetero) is 1. The second-order valence-electron chi connectivity index (χ2n) is 4.12. The van der Waals surface area contributed by atoms with Crippen LogP contribution in [0, 0.1) is 5.41 Å². The van der Waals surface area contributed by atoms with Crippen molar-refractivity contribution in [2.75, 3.05) is 0 Å². The van der Waals surface area contributed by atoms with Crippen LogP contribution >= 0.6 is 0 Å². The van der Waals surface area contributed by atoms with Gasteiger partial charge in [0.05, 0.1) is 11.0 Å². The lowest BCUT2D eigenvalue weighted by Gasteiger charge is -2.07. The second-order valence-corrected chi connectivity index (χ2v) is 4.12. The molecule has 0 atom stereocenters. The lowest BCUT2D eigenvalue weighted by molar-refractivity contribution is -0.108. The maximum Gasteiger partial charge on any atom is 0.212 e. The van der Waals surface area contributed by atoms with Crippen LogP contribution in [0.25, 0.3) is 11.0 Å². The second kappa shape index (κ2) is 5.43. The number of imidazole rings is 1. The summed E-state index contributed by atoms with van der Waals surface area (Å²) in [7, 11) is 0. The Hall–Kier alpha value is -2.50. The third-order valence-electron chi connectivity index (χ3n) is 2.79. The average molecular weight is 258 g/mol. The van der Waals surface area contributed by atoms with E-state index < -0.39 is 0 Å². The molecule has 2 rings (SSSR count). The lowest BCUT2D eigenvalue weighted by atomic mass is 10.3. The molecule has 0 aliphatic rings. The number of amides is 1. The molecule has 0 spiro atoms. The molecule has 6 heteroatoms. The van der Waals surface area contributed by atoms with Crippen LogP contribution in [0.4, 0.5) is 0 Å². The smallest absolute Gasteiger partial charge is 0.212 e. The molecule has 0 saturated carbocycles. The molecule has 0 bridgehead atoms. The fourth-order valence-corrected chi connectivity index (χ4v) is 1.94. The fraction of sp³-hybridized carbons (Fsp3) is 0.231. The van der Waals surface area contributed by atoms with Gasteiger partial charge in [0.1, 0.15) is 5.84 Å². The van der Waals surface area contributed by atoms with E-state index in [4.69, 9.17) is 5.41 Å². The van der Waals surface area contributed by atoms with Crippen LogP contribution in [-0.4, -0.2) is 27.6 Å². The lowest BCUT2D eigenvalue weighted by Crippen LogP contribution is -2.22. The van der Waals surface area contributed by atoms with Crippen LogP contribution in [0.1, 0.15) is 24.0 Å². The number of nitrogens with zero attached hydrogens (tertiary/aromatic N) is 2. The highest BCUT2D eigenvalue weighted by Crippen LogP contribution is 2.16. The Bertz CT molecular complexity index is 645. The first kappa shape index (κ1) is 12.9. The van der Waals surface area contributed by atoms with Crippen LogP contribution in [0.3, 0.4) is 0 Å². The van der Waals surface area contributed by atoms with Crippen molar-refractivity contribution in [1.82, 2.24) is 14.9 Å². The van der Waals surface area contributed by atoms with Gasteiger partial charge in [-0.05, 0) is 12.1 Å². The highest BCUT2D eigenvalue weighted by molar-refractivity contribution is 5.95. The molecule has 2 aromatic rings. The van der Waals surface area contributed by atoms with Crippen molar-refractivity contribution in [3.8, 4) is 0 Å². The summed E-state index contributed by atoms with van der Waals surface area (Å²) in [5.74, 6) is 0.369. The third-order valence-corrected chi connectivity index (χ3v) is 2.79. The number of carbonyl (C=O) groups excluding carboxylic acids is 2. The van der Waals surface area contributed by atoms with E-state index in [9.17, 15) is 9.59 Å². The molecule has 0 aliphatic carbocycles. The van der Waals surface area contributed by atoms with Crippen LogP contribution in [0.2, 0.25) is 0 Å². The van der Waals surface area contributed by atoms with Crippen molar-refractivity contribution in [2.45, 2.75) is 19.9 Å². The van der Waals surface area contributed by atoms with E-state index in [1.807, 2.05) is 24.3 Å². The van der Waals surface area contributed by atoms with E-state index in [-0.39, 0.29) is 11.6 Å². The number of benzene rings is 1. The number of ketones is 1.